The van der Waals surface area contributed by atoms with Gasteiger partial charge in [-0.25, -0.2) is 18.2 Å². The first-order chi connectivity index (χ1) is 16.9. The smallest absolute Gasteiger partial charge is 0.374 e. The lowest BCUT2D eigenvalue weighted by molar-refractivity contribution is -0.276. The zero-order valence-electron chi connectivity index (χ0n) is 18.4. The van der Waals surface area contributed by atoms with Gasteiger partial charge in [0, 0.05) is 30.3 Å². The Balaban J connectivity index is 1.55. The summed E-state index contributed by atoms with van der Waals surface area (Å²) < 4.78 is 82.9. The number of amides is 1. The number of alkyl halides is 3. The number of hydrogen-bond acceptors (Lipinski definition) is 4. The maximum absolute atomic E-state index is 14.0. The summed E-state index contributed by atoms with van der Waals surface area (Å²) in [4.78, 5) is 21.2. The molecule has 1 amide bonds. The molecule has 3 aromatic rings. The molecule has 0 saturated heterocycles. The maximum Gasteiger partial charge on any atom is 0.435 e. The van der Waals surface area contributed by atoms with Crippen molar-refractivity contribution in [3.05, 3.63) is 99.1 Å². The van der Waals surface area contributed by atoms with E-state index in [1.807, 2.05) is 0 Å². The number of hydrogen-bond donors (Lipinski definition) is 1. The minimum atomic E-state index is -5.14. The molecule has 36 heavy (non-hydrogen) atoms. The molecule has 0 radical (unpaired) electrons. The first-order valence-electron chi connectivity index (χ1n) is 10.4. The molecule has 2 heterocycles. The summed E-state index contributed by atoms with van der Waals surface area (Å²) in [5.74, 6) is -5.90. The third-order valence-electron chi connectivity index (χ3n) is 5.68. The van der Waals surface area contributed by atoms with E-state index < -0.39 is 47.1 Å². The number of aryl methyl sites for hydroxylation is 1. The SMILES string of the molecule is Cc1cc(C2=NOC(c3cc(F)c(F)c(F)c3)(C(F)(F)F)C2)ccc1C(=O)NCc1ccc(Cl)nc1. The second-order valence-corrected chi connectivity index (χ2v) is 8.47. The maximum atomic E-state index is 14.0. The van der Waals surface area contributed by atoms with Gasteiger partial charge in [0.05, 0.1) is 5.71 Å². The highest BCUT2D eigenvalue weighted by Crippen LogP contribution is 2.49. The highest BCUT2D eigenvalue weighted by molar-refractivity contribution is 6.29. The van der Waals surface area contributed by atoms with Gasteiger partial charge < -0.3 is 10.2 Å². The average Bonchev–Trinajstić information content (AvgIpc) is 3.29. The summed E-state index contributed by atoms with van der Waals surface area (Å²) in [5, 5.41) is 6.53. The van der Waals surface area contributed by atoms with Crippen molar-refractivity contribution in [2.75, 3.05) is 0 Å². The van der Waals surface area contributed by atoms with Crippen LogP contribution in [0.3, 0.4) is 0 Å². The Morgan fingerprint density at radius 1 is 1.11 bits per heavy atom. The van der Waals surface area contributed by atoms with Crippen LogP contribution in [0.4, 0.5) is 26.3 Å². The van der Waals surface area contributed by atoms with Crippen molar-refractivity contribution in [3.63, 3.8) is 0 Å². The number of aromatic nitrogens is 1. The van der Waals surface area contributed by atoms with Crippen LogP contribution in [0.5, 0.6) is 0 Å². The Labute approximate surface area is 205 Å². The van der Waals surface area contributed by atoms with E-state index in [9.17, 15) is 31.1 Å². The molecule has 1 aliphatic rings. The first-order valence-corrected chi connectivity index (χ1v) is 10.8. The number of carbonyl (C=O) groups excluding carboxylic acids is 1. The number of pyridine rings is 1. The van der Waals surface area contributed by atoms with Gasteiger partial charge in [-0.1, -0.05) is 28.9 Å². The Kier molecular flexibility index (Phi) is 6.70. The lowest BCUT2D eigenvalue weighted by Crippen LogP contribution is -2.43. The summed E-state index contributed by atoms with van der Waals surface area (Å²) >= 11 is 5.73. The van der Waals surface area contributed by atoms with Crippen LogP contribution in [0, 0.1) is 24.4 Å². The first kappa shape index (κ1) is 25.5. The number of nitrogens with one attached hydrogen (secondary N) is 1. The number of benzene rings is 2. The monoisotopic (exact) mass is 527 g/mol. The predicted octanol–water partition coefficient (Wildman–Crippen LogP) is 5.97. The van der Waals surface area contributed by atoms with Crippen molar-refractivity contribution in [2.45, 2.75) is 31.7 Å². The van der Waals surface area contributed by atoms with Crippen LogP contribution >= 0.6 is 11.6 Å². The van der Waals surface area contributed by atoms with E-state index in [4.69, 9.17) is 16.4 Å². The molecule has 1 aromatic heterocycles. The number of nitrogens with zero attached hydrogens (tertiary/aromatic N) is 2. The molecule has 4 rings (SSSR count). The second-order valence-electron chi connectivity index (χ2n) is 8.09. The summed E-state index contributed by atoms with van der Waals surface area (Å²) in [7, 11) is 0. The molecule has 0 bridgehead atoms. The zero-order valence-corrected chi connectivity index (χ0v) is 19.1. The van der Waals surface area contributed by atoms with Gasteiger partial charge in [0.2, 0.25) is 0 Å². The molecule has 12 heteroatoms. The number of halogens is 7. The molecule has 1 atom stereocenters. The van der Waals surface area contributed by atoms with Gasteiger partial charge in [-0.2, -0.15) is 13.2 Å². The highest BCUT2D eigenvalue weighted by atomic mass is 35.5. The van der Waals surface area contributed by atoms with Crippen molar-refractivity contribution in [3.8, 4) is 0 Å². The van der Waals surface area contributed by atoms with E-state index in [1.165, 1.54) is 24.4 Å². The summed E-state index contributed by atoms with van der Waals surface area (Å²) in [6.45, 7) is 1.75. The number of carbonyl (C=O) groups is 1. The van der Waals surface area contributed by atoms with E-state index in [0.29, 0.717) is 16.3 Å². The van der Waals surface area contributed by atoms with Crippen molar-refractivity contribution in [1.82, 2.24) is 10.3 Å². The largest absolute Gasteiger partial charge is 0.435 e. The molecule has 1 unspecified atom stereocenters. The molecule has 188 valence electrons. The van der Waals surface area contributed by atoms with E-state index in [0.717, 1.165) is 0 Å². The molecule has 0 aliphatic carbocycles. The van der Waals surface area contributed by atoms with Gasteiger partial charge in [-0.15, -0.1) is 0 Å². The van der Waals surface area contributed by atoms with Crippen molar-refractivity contribution < 1.29 is 36.0 Å². The Hall–Kier alpha value is -3.60. The minimum Gasteiger partial charge on any atom is -0.374 e. The van der Waals surface area contributed by atoms with Gasteiger partial charge in [-0.3, -0.25) is 4.79 Å². The van der Waals surface area contributed by atoms with Crippen LogP contribution in [0.15, 0.2) is 53.8 Å². The van der Waals surface area contributed by atoms with Gasteiger partial charge in [0.25, 0.3) is 11.5 Å². The fraction of sp³-hybridized carbons (Fsp3) is 0.208. The van der Waals surface area contributed by atoms with Gasteiger partial charge in [-0.05, 0) is 53.9 Å². The highest BCUT2D eigenvalue weighted by Gasteiger charge is 2.62. The van der Waals surface area contributed by atoms with E-state index in [1.54, 1.807) is 19.1 Å². The van der Waals surface area contributed by atoms with Crippen LogP contribution in [-0.4, -0.2) is 22.8 Å². The molecule has 1 aliphatic heterocycles. The minimum absolute atomic E-state index is 0.167. The van der Waals surface area contributed by atoms with Crippen LogP contribution < -0.4 is 5.32 Å². The molecule has 2 aromatic carbocycles. The Morgan fingerprint density at radius 3 is 2.39 bits per heavy atom. The molecule has 0 saturated carbocycles. The number of oxime groups is 1. The van der Waals surface area contributed by atoms with Gasteiger partial charge >= 0.3 is 6.18 Å². The summed E-state index contributed by atoms with van der Waals surface area (Å²) in [6, 6.07) is 7.97. The standard InChI is InChI=1S/C24H16ClF6N3O2/c1-12-6-14(3-4-16(12)22(35)33-11-13-2-5-20(25)32-10-13)19-9-23(36-34-19,24(29,30)31)15-7-17(26)21(28)18(27)8-15/h2-8,10H,9,11H2,1H3,(H,33,35). The third kappa shape index (κ3) is 4.75. The third-order valence-corrected chi connectivity index (χ3v) is 5.91. The van der Waals surface area contributed by atoms with Crippen LogP contribution in [-0.2, 0) is 17.0 Å². The van der Waals surface area contributed by atoms with E-state index in [-0.39, 0.29) is 35.5 Å². The Morgan fingerprint density at radius 2 is 1.81 bits per heavy atom. The van der Waals surface area contributed by atoms with E-state index in [2.05, 4.69) is 15.5 Å². The average molecular weight is 528 g/mol. The normalized spacial score (nSPS) is 17.5. The van der Waals surface area contributed by atoms with Crippen LogP contribution in [0.1, 0.15) is 39.0 Å². The molecular weight excluding hydrogens is 512 g/mol. The topological polar surface area (TPSA) is 63.6 Å². The summed E-state index contributed by atoms with van der Waals surface area (Å²) in [6.07, 6.45) is -4.56. The van der Waals surface area contributed by atoms with Crippen molar-refractivity contribution >= 4 is 23.2 Å². The molecule has 5 nitrogen and oxygen atoms in total. The lowest BCUT2D eigenvalue weighted by Gasteiger charge is -2.29. The summed E-state index contributed by atoms with van der Waals surface area (Å²) in [5.41, 5.74) is -2.73. The van der Waals surface area contributed by atoms with E-state index >= 15 is 0 Å². The lowest BCUT2D eigenvalue weighted by atomic mass is 9.86. The van der Waals surface area contributed by atoms with Gasteiger partial charge in [0.1, 0.15) is 5.15 Å². The number of rotatable bonds is 5. The Bertz CT molecular complexity index is 1340. The molecule has 0 fully saturated rings. The molecular formula is C24H16ClF6N3O2. The molecule has 0 spiro atoms. The van der Waals surface area contributed by atoms with Crippen LogP contribution in [0.25, 0.3) is 0 Å². The quantitative estimate of drug-likeness (QED) is 0.252. The molecule has 1 N–H and O–H groups in total. The van der Waals surface area contributed by atoms with Crippen molar-refractivity contribution in [2.24, 2.45) is 5.16 Å². The van der Waals surface area contributed by atoms with Crippen LogP contribution in [0.2, 0.25) is 5.15 Å². The predicted molar refractivity (Wildman–Crippen MR) is 118 cm³/mol. The fourth-order valence-corrected chi connectivity index (χ4v) is 3.85. The second kappa shape index (κ2) is 9.45. The zero-order chi connectivity index (χ0) is 26.3. The van der Waals surface area contributed by atoms with Gasteiger partial charge in [0.15, 0.2) is 17.5 Å². The fourth-order valence-electron chi connectivity index (χ4n) is 3.73. The van der Waals surface area contributed by atoms with Crippen molar-refractivity contribution in [1.29, 1.82) is 0 Å².